The van der Waals surface area contributed by atoms with Crippen molar-refractivity contribution in [3.63, 3.8) is 0 Å². The van der Waals surface area contributed by atoms with E-state index in [2.05, 4.69) is 15.3 Å². The number of nitrogens with zero attached hydrogens (tertiary/aromatic N) is 4. The van der Waals surface area contributed by atoms with Gasteiger partial charge in [-0.25, -0.2) is 13.6 Å². The van der Waals surface area contributed by atoms with Crippen molar-refractivity contribution in [1.29, 1.82) is 0 Å². The van der Waals surface area contributed by atoms with Gasteiger partial charge in [0.25, 0.3) is 0 Å². The van der Waals surface area contributed by atoms with Crippen LogP contribution in [0.3, 0.4) is 0 Å². The van der Waals surface area contributed by atoms with E-state index in [9.17, 15) is 18.5 Å². The molecule has 12 nitrogen and oxygen atoms in total. The Morgan fingerprint density at radius 1 is 1.21 bits per heavy atom. The van der Waals surface area contributed by atoms with Crippen molar-refractivity contribution >= 4 is 33.3 Å². The molecule has 0 saturated carbocycles. The normalized spacial score (nSPS) is 14.6. The first kappa shape index (κ1) is 20.7. The number of anilines is 3. The summed E-state index contributed by atoms with van der Waals surface area (Å²) in [6, 6.07) is 6.18. The highest BCUT2D eigenvalue weighted by atomic mass is 32.2. The SMILES string of the molecule is Nc1nc(NCCc2ccc(S(N)(=O)=O)cc2)nc(N2CCOCC2)c1[N+](=O)[O-]. The summed E-state index contributed by atoms with van der Waals surface area (Å²) in [5.41, 5.74) is 6.36. The molecule has 2 aromatic rings. The van der Waals surface area contributed by atoms with Crippen LogP contribution in [0.5, 0.6) is 0 Å². The molecular weight excluding hydrogens is 402 g/mol. The van der Waals surface area contributed by atoms with Crippen LogP contribution in [0.25, 0.3) is 0 Å². The van der Waals surface area contributed by atoms with Crippen molar-refractivity contribution < 1.29 is 18.1 Å². The van der Waals surface area contributed by atoms with Gasteiger partial charge in [0.15, 0.2) is 0 Å². The van der Waals surface area contributed by atoms with Crippen molar-refractivity contribution in [3.8, 4) is 0 Å². The molecule has 2 heterocycles. The number of sulfonamides is 1. The molecule has 1 aliphatic rings. The fourth-order valence-electron chi connectivity index (χ4n) is 2.87. The van der Waals surface area contributed by atoms with Crippen molar-refractivity contribution in [1.82, 2.24) is 9.97 Å². The number of nitrogens with one attached hydrogen (secondary N) is 1. The molecule has 0 aliphatic carbocycles. The summed E-state index contributed by atoms with van der Waals surface area (Å²) in [4.78, 5) is 20.9. The third-order valence-corrected chi connectivity index (χ3v) is 5.26. The van der Waals surface area contributed by atoms with E-state index < -0.39 is 14.9 Å². The summed E-state index contributed by atoms with van der Waals surface area (Å²) < 4.78 is 27.9. The van der Waals surface area contributed by atoms with Gasteiger partial charge in [0, 0.05) is 19.6 Å². The molecule has 1 aromatic heterocycles. The van der Waals surface area contributed by atoms with Gasteiger partial charge in [-0.1, -0.05) is 12.1 Å². The number of nitro groups is 1. The average molecular weight is 423 g/mol. The number of morpholine rings is 1. The third kappa shape index (κ3) is 5.07. The van der Waals surface area contributed by atoms with Gasteiger partial charge in [0.2, 0.25) is 27.6 Å². The predicted octanol–water partition coefficient (Wildman–Crippen LogP) is 0.106. The van der Waals surface area contributed by atoms with Crippen LogP contribution in [0.1, 0.15) is 5.56 Å². The molecule has 13 heteroatoms. The first-order valence-corrected chi connectivity index (χ1v) is 10.3. The molecule has 3 rings (SSSR count). The Kier molecular flexibility index (Phi) is 6.10. The summed E-state index contributed by atoms with van der Waals surface area (Å²) >= 11 is 0. The summed E-state index contributed by atoms with van der Waals surface area (Å²) in [6.07, 6.45) is 0.540. The summed E-state index contributed by atoms with van der Waals surface area (Å²) in [6.45, 7) is 2.23. The lowest BCUT2D eigenvalue weighted by atomic mass is 10.1. The fraction of sp³-hybridized carbons (Fsp3) is 0.375. The van der Waals surface area contributed by atoms with E-state index in [1.165, 1.54) is 12.1 Å². The number of nitrogens with two attached hydrogens (primary N) is 2. The molecule has 0 atom stereocenters. The zero-order chi connectivity index (χ0) is 21.0. The van der Waals surface area contributed by atoms with E-state index in [4.69, 9.17) is 15.6 Å². The van der Waals surface area contributed by atoms with E-state index in [-0.39, 0.29) is 28.2 Å². The molecule has 29 heavy (non-hydrogen) atoms. The van der Waals surface area contributed by atoms with Crippen LogP contribution in [-0.2, 0) is 21.2 Å². The lowest BCUT2D eigenvalue weighted by Gasteiger charge is -2.27. The lowest BCUT2D eigenvalue weighted by Crippen LogP contribution is -2.37. The van der Waals surface area contributed by atoms with Crippen LogP contribution in [0, 0.1) is 10.1 Å². The third-order valence-electron chi connectivity index (χ3n) is 4.33. The second kappa shape index (κ2) is 8.55. The van der Waals surface area contributed by atoms with E-state index in [1.807, 2.05) is 0 Å². The molecule has 0 spiro atoms. The quantitative estimate of drug-likeness (QED) is 0.408. The lowest BCUT2D eigenvalue weighted by molar-refractivity contribution is -0.383. The standard InChI is InChI=1S/C16H21N7O5S/c17-14-13(23(24)25)15(22-7-9-28-10-8-22)21-16(20-14)19-6-5-11-1-3-12(4-2-11)29(18,26)27/h1-4H,5-10H2,(H2,18,26,27)(H3,17,19,20,21). The molecule has 1 aliphatic heterocycles. The number of primary sulfonamides is 1. The van der Waals surface area contributed by atoms with Crippen LogP contribution in [-0.4, -0.2) is 56.2 Å². The molecule has 0 bridgehead atoms. The minimum absolute atomic E-state index is 0.0378. The van der Waals surface area contributed by atoms with Gasteiger partial charge >= 0.3 is 5.69 Å². The maximum Gasteiger partial charge on any atom is 0.353 e. The number of rotatable bonds is 7. The highest BCUT2D eigenvalue weighted by Gasteiger charge is 2.28. The summed E-state index contributed by atoms with van der Waals surface area (Å²) in [7, 11) is -3.73. The van der Waals surface area contributed by atoms with Gasteiger partial charge in [-0.3, -0.25) is 10.1 Å². The Labute approximate surface area is 167 Å². The van der Waals surface area contributed by atoms with Crippen LogP contribution in [0.15, 0.2) is 29.2 Å². The second-order valence-electron chi connectivity index (χ2n) is 6.33. The number of aromatic nitrogens is 2. The Balaban J connectivity index is 1.72. The fourth-order valence-corrected chi connectivity index (χ4v) is 3.39. The first-order chi connectivity index (χ1) is 13.8. The van der Waals surface area contributed by atoms with Crippen LogP contribution in [0.2, 0.25) is 0 Å². The molecule has 0 unspecified atom stereocenters. The Morgan fingerprint density at radius 3 is 2.45 bits per heavy atom. The number of ether oxygens (including phenoxy) is 1. The van der Waals surface area contributed by atoms with E-state index in [0.29, 0.717) is 39.3 Å². The second-order valence-corrected chi connectivity index (χ2v) is 7.89. The molecule has 1 aromatic carbocycles. The minimum atomic E-state index is -3.73. The molecule has 1 saturated heterocycles. The van der Waals surface area contributed by atoms with Crippen LogP contribution >= 0.6 is 0 Å². The maximum absolute atomic E-state index is 11.4. The predicted molar refractivity (Wildman–Crippen MR) is 106 cm³/mol. The van der Waals surface area contributed by atoms with E-state index in [1.54, 1.807) is 17.0 Å². The monoisotopic (exact) mass is 423 g/mol. The smallest absolute Gasteiger partial charge is 0.353 e. The summed E-state index contributed by atoms with van der Waals surface area (Å²) in [5, 5.41) is 19.5. The maximum atomic E-state index is 11.4. The number of hydrogen-bond donors (Lipinski definition) is 3. The topological polar surface area (TPSA) is 180 Å². The molecular formula is C16H21N7O5S. The van der Waals surface area contributed by atoms with Gasteiger partial charge < -0.3 is 20.7 Å². The van der Waals surface area contributed by atoms with Gasteiger partial charge in [-0.15, -0.1) is 0 Å². The van der Waals surface area contributed by atoms with Gasteiger partial charge in [-0.2, -0.15) is 9.97 Å². The Hall–Kier alpha value is -3.03. The zero-order valence-electron chi connectivity index (χ0n) is 15.4. The molecule has 5 N–H and O–H groups in total. The number of benzene rings is 1. The average Bonchev–Trinajstić information content (AvgIpc) is 2.67. The van der Waals surface area contributed by atoms with Crippen LogP contribution in [0.4, 0.5) is 23.3 Å². The highest BCUT2D eigenvalue weighted by molar-refractivity contribution is 7.89. The van der Waals surface area contributed by atoms with Gasteiger partial charge in [-0.05, 0) is 24.1 Å². The van der Waals surface area contributed by atoms with Crippen molar-refractivity contribution in [3.05, 3.63) is 39.9 Å². The molecule has 0 radical (unpaired) electrons. The Morgan fingerprint density at radius 2 is 1.86 bits per heavy atom. The van der Waals surface area contributed by atoms with Crippen molar-refractivity contribution in [2.24, 2.45) is 5.14 Å². The van der Waals surface area contributed by atoms with E-state index in [0.717, 1.165) is 5.56 Å². The van der Waals surface area contributed by atoms with Gasteiger partial charge in [0.1, 0.15) is 0 Å². The molecule has 1 fully saturated rings. The largest absolute Gasteiger partial charge is 0.378 e. The Bertz CT molecular complexity index is 991. The van der Waals surface area contributed by atoms with Gasteiger partial charge in [0.05, 0.1) is 23.0 Å². The highest BCUT2D eigenvalue weighted by Crippen LogP contribution is 2.32. The number of hydrogen-bond acceptors (Lipinski definition) is 10. The molecule has 0 amide bonds. The zero-order valence-corrected chi connectivity index (χ0v) is 16.3. The van der Waals surface area contributed by atoms with E-state index >= 15 is 0 Å². The first-order valence-electron chi connectivity index (χ1n) is 8.76. The number of nitrogen functional groups attached to an aromatic ring is 1. The van der Waals surface area contributed by atoms with Crippen molar-refractivity contribution in [2.75, 3.05) is 48.8 Å². The van der Waals surface area contributed by atoms with Crippen molar-refractivity contribution in [2.45, 2.75) is 11.3 Å². The molecule has 156 valence electrons. The minimum Gasteiger partial charge on any atom is -0.378 e. The summed E-state index contributed by atoms with van der Waals surface area (Å²) in [5.74, 6) is 0.119. The van der Waals surface area contributed by atoms with Crippen LogP contribution < -0.4 is 21.1 Å².